The molecule has 1 aromatic carbocycles. The highest BCUT2D eigenvalue weighted by Crippen LogP contribution is 2.51. The lowest BCUT2D eigenvalue weighted by atomic mass is 10.0. The predicted molar refractivity (Wildman–Crippen MR) is 85.6 cm³/mol. The highest BCUT2D eigenvalue weighted by Gasteiger charge is 2.72. The van der Waals surface area contributed by atoms with E-state index in [4.69, 9.17) is 4.74 Å². The SMILES string of the molecule is COC(=O)C[C@]1(C(F)(F)F)N(c2ccc(OC)cc2)C(=O)[C@@H]2CCCN21. The standard InChI is InChI=1S/C17H19F3N2O4/c1-25-12-7-5-11(6-8-12)22-15(24)13-4-3-9-21(13)16(22,17(18,19)20)10-14(23)26-2/h5-8,13H,3-4,9-10H2,1-2H3/t13-,16+/m0/s1. The molecular weight excluding hydrogens is 353 g/mol. The predicted octanol–water partition coefficient (Wildman–Crippen LogP) is 2.33. The number of amides is 1. The zero-order chi connectivity index (χ0) is 19.1. The number of alkyl halides is 3. The van der Waals surface area contributed by atoms with Gasteiger partial charge in [0.2, 0.25) is 11.6 Å². The molecule has 0 radical (unpaired) electrons. The van der Waals surface area contributed by atoms with Crippen molar-refractivity contribution in [2.45, 2.75) is 37.1 Å². The molecule has 26 heavy (non-hydrogen) atoms. The Bertz CT molecular complexity index is 707. The van der Waals surface area contributed by atoms with Gasteiger partial charge in [-0.25, -0.2) is 0 Å². The molecule has 2 fully saturated rings. The van der Waals surface area contributed by atoms with Crippen LogP contribution in [0.15, 0.2) is 24.3 Å². The molecular formula is C17H19F3N2O4. The molecule has 0 aromatic heterocycles. The van der Waals surface area contributed by atoms with E-state index in [0.717, 1.165) is 12.0 Å². The van der Waals surface area contributed by atoms with E-state index in [1.54, 1.807) is 0 Å². The fourth-order valence-corrected chi connectivity index (χ4v) is 3.84. The molecule has 6 nitrogen and oxygen atoms in total. The maximum atomic E-state index is 14.3. The summed E-state index contributed by atoms with van der Waals surface area (Å²) < 4.78 is 52.5. The molecule has 142 valence electrons. The van der Waals surface area contributed by atoms with E-state index < -0.39 is 36.2 Å². The van der Waals surface area contributed by atoms with Crippen LogP contribution in [0.4, 0.5) is 18.9 Å². The van der Waals surface area contributed by atoms with Crippen LogP contribution in [0.25, 0.3) is 0 Å². The van der Waals surface area contributed by atoms with E-state index in [0.29, 0.717) is 23.5 Å². The van der Waals surface area contributed by atoms with Crippen LogP contribution >= 0.6 is 0 Å². The number of anilines is 1. The van der Waals surface area contributed by atoms with Gasteiger partial charge < -0.3 is 9.47 Å². The second-order valence-electron chi connectivity index (χ2n) is 6.29. The summed E-state index contributed by atoms with van der Waals surface area (Å²) in [5.41, 5.74) is -2.70. The molecule has 2 heterocycles. The molecule has 2 aliphatic rings. The third-order valence-corrected chi connectivity index (χ3v) is 5.01. The average Bonchev–Trinajstić information content (AvgIpc) is 3.17. The fourth-order valence-electron chi connectivity index (χ4n) is 3.84. The molecule has 0 spiro atoms. The van der Waals surface area contributed by atoms with Crippen molar-refractivity contribution in [1.29, 1.82) is 0 Å². The molecule has 9 heteroatoms. The summed E-state index contributed by atoms with van der Waals surface area (Å²) in [7, 11) is 2.46. The van der Waals surface area contributed by atoms with Gasteiger partial charge >= 0.3 is 12.1 Å². The number of benzene rings is 1. The number of esters is 1. The quantitative estimate of drug-likeness (QED) is 0.760. The number of carbonyl (C=O) groups excluding carboxylic acids is 2. The number of ether oxygens (including phenoxy) is 2. The smallest absolute Gasteiger partial charge is 0.426 e. The maximum Gasteiger partial charge on any atom is 0.426 e. The van der Waals surface area contributed by atoms with Crippen molar-refractivity contribution in [3.8, 4) is 5.75 Å². The minimum absolute atomic E-state index is 0.0615. The van der Waals surface area contributed by atoms with Gasteiger partial charge in [-0.3, -0.25) is 19.4 Å². The highest BCUT2D eigenvalue weighted by molar-refractivity contribution is 6.02. The van der Waals surface area contributed by atoms with Crippen molar-refractivity contribution in [1.82, 2.24) is 4.90 Å². The van der Waals surface area contributed by atoms with Gasteiger partial charge in [0.25, 0.3) is 0 Å². The van der Waals surface area contributed by atoms with Gasteiger partial charge in [0.1, 0.15) is 5.75 Å². The summed E-state index contributed by atoms with van der Waals surface area (Å²) in [5.74, 6) is -1.23. The first-order valence-corrected chi connectivity index (χ1v) is 8.14. The summed E-state index contributed by atoms with van der Waals surface area (Å²) in [5, 5.41) is 0. The molecule has 0 bridgehead atoms. The highest BCUT2D eigenvalue weighted by atomic mass is 19.4. The second-order valence-corrected chi connectivity index (χ2v) is 6.29. The van der Waals surface area contributed by atoms with E-state index in [-0.39, 0.29) is 12.2 Å². The van der Waals surface area contributed by atoms with Gasteiger partial charge in [-0.2, -0.15) is 13.2 Å². The lowest BCUT2D eigenvalue weighted by Gasteiger charge is -2.43. The molecule has 3 rings (SSSR count). The van der Waals surface area contributed by atoms with Crippen LogP contribution in [0.1, 0.15) is 19.3 Å². The lowest BCUT2D eigenvalue weighted by molar-refractivity contribution is -0.227. The molecule has 2 atom stereocenters. The van der Waals surface area contributed by atoms with E-state index in [1.807, 2.05) is 0 Å². The van der Waals surface area contributed by atoms with Crippen molar-refractivity contribution in [3.05, 3.63) is 24.3 Å². The first-order chi connectivity index (χ1) is 12.3. The third-order valence-electron chi connectivity index (χ3n) is 5.01. The minimum atomic E-state index is -4.85. The molecule has 0 unspecified atom stereocenters. The number of methoxy groups -OCH3 is 2. The Morgan fingerprint density at radius 3 is 2.46 bits per heavy atom. The Morgan fingerprint density at radius 2 is 1.92 bits per heavy atom. The molecule has 0 saturated carbocycles. The number of rotatable bonds is 4. The van der Waals surface area contributed by atoms with Crippen LogP contribution < -0.4 is 9.64 Å². The van der Waals surface area contributed by atoms with E-state index >= 15 is 0 Å². The zero-order valence-electron chi connectivity index (χ0n) is 14.4. The summed E-state index contributed by atoms with van der Waals surface area (Å²) in [4.78, 5) is 26.6. The number of fused-ring (bicyclic) bond motifs is 1. The lowest BCUT2D eigenvalue weighted by Crippen LogP contribution is -2.65. The molecule has 1 aromatic rings. The maximum absolute atomic E-state index is 14.3. The zero-order valence-corrected chi connectivity index (χ0v) is 14.4. The van der Waals surface area contributed by atoms with Crippen LogP contribution in [-0.2, 0) is 14.3 Å². The summed E-state index contributed by atoms with van der Waals surface area (Å²) in [6, 6.07) is 4.83. The second kappa shape index (κ2) is 6.46. The van der Waals surface area contributed by atoms with Gasteiger partial charge in [0, 0.05) is 12.2 Å². The van der Waals surface area contributed by atoms with Gasteiger partial charge in [-0.1, -0.05) is 0 Å². The number of halogens is 3. The Kier molecular flexibility index (Phi) is 4.60. The Balaban J connectivity index is 2.16. The van der Waals surface area contributed by atoms with E-state index in [9.17, 15) is 22.8 Å². The Hall–Kier alpha value is -2.29. The Labute approximate surface area is 148 Å². The molecule has 2 aliphatic heterocycles. The van der Waals surface area contributed by atoms with Crippen molar-refractivity contribution in [3.63, 3.8) is 0 Å². The van der Waals surface area contributed by atoms with Crippen LogP contribution in [-0.4, -0.2) is 55.4 Å². The van der Waals surface area contributed by atoms with Gasteiger partial charge in [-0.15, -0.1) is 0 Å². The van der Waals surface area contributed by atoms with Gasteiger partial charge in [0.05, 0.1) is 26.7 Å². The number of hydrogen-bond acceptors (Lipinski definition) is 5. The van der Waals surface area contributed by atoms with Gasteiger partial charge in [-0.05, 0) is 37.1 Å². The molecule has 0 N–H and O–H groups in total. The number of nitrogens with zero attached hydrogens (tertiary/aromatic N) is 2. The van der Waals surface area contributed by atoms with Crippen LogP contribution in [0.3, 0.4) is 0 Å². The average molecular weight is 372 g/mol. The molecule has 0 aliphatic carbocycles. The van der Waals surface area contributed by atoms with Crippen molar-refractivity contribution >= 4 is 17.6 Å². The summed E-state index contributed by atoms with van der Waals surface area (Å²) in [6.07, 6.45) is -5.05. The monoisotopic (exact) mass is 372 g/mol. The number of hydrogen-bond donors (Lipinski definition) is 0. The third kappa shape index (κ3) is 2.61. The van der Waals surface area contributed by atoms with E-state index in [2.05, 4.69) is 4.74 Å². The minimum Gasteiger partial charge on any atom is -0.497 e. The summed E-state index contributed by atoms with van der Waals surface area (Å²) in [6.45, 7) is 0.0829. The van der Waals surface area contributed by atoms with Crippen LogP contribution in [0, 0.1) is 0 Å². The van der Waals surface area contributed by atoms with Crippen molar-refractivity contribution < 1.29 is 32.2 Å². The summed E-state index contributed by atoms with van der Waals surface area (Å²) >= 11 is 0. The Morgan fingerprint density at radius 1 is 1.27 bits per heavy atom. The fraction of sp³-hybridized carbons (Fsp3) is 0.529. The largest absolute Gasteiger partial charge is 0.497 e. The van der Waals surface area contributed by atoms with Crippen molar-refractivity contribution in [2.75, 3.05) is 25.7 Å². The van der Waals surface area contributed by atoms with E-state index in [1.165, 1.54) is 31.4 Å². The molecule has 1 amide bonds. The van der Waals surface area contributed by atoms with Crippen LogP contribution in [0.5, 0.6) is 5.75 Å². The first kappa shape index (κ1) is 18.5. The van der Waals surface area contributed by atoms with Crippen molar-refractivity contribution in [2.24, 2.45) is 0 Å². The van der Waals surface area contributed by atoms with Crippen LogP contribution in [0.2, 0.25) is 0 Å². The van der Waals surface area contributed by atoms with Gasteiger partial charge in [0.15, 0.2) is 0 Å². The topological polar surface area (TPSA) is 59.1 Å². The number of carbonyl (C=O) groups is 2. The molecule has 2 saturated heterocycles. The first-order valence-electron chi connectivity index (χ1n) is 8.14. The normalized spacial score (nSPS) is 26.1.